The van der Waals surface area contributed by atoms with E-state index < -0.39 is 0 Å². The van der Waals surface area contributed by atoms with E-state index in [1.165, 1.54) is 10.8 Å². The molecule has 0 atom stereocenters. The summed E-state index contributed by atoms with van der Waals surface area (Å²) in [7, 11) is 0. The van der Waals surface area contributed by atoms with Gasteiger partial charge in [0.15, 0.2) is 11.6 Å². The average Bonchev–Trinajstić information content (AvgIpc) is 4.01. The molecule has 0 aliphatic carbocycles. The predicted octanol–water partition coefficient (Wildman–Crippen LogP) is 14.2. The molecule has 63 heavy (non-hydrogen) atoms. The van der Waals surface area contributed by atoms with Crippen molar-refractivity contribution in [2.24, 2.45) is 0 Å². The van der Waals surface area contributed by atoms with E-state index >= 15 is 0 Å². The van der Waals surface area contributed by atoms with Gasteiger partial charge in [0, 0.05) is 49.1 Å². The van der Waals surface area contributed by atoms with E-state index in [1.807, 2.05) is 24.3 Å². The largest absolute Gasteiger partial charge is 0.309 e. The lowest BCUT2D eigenvalue weighted by Gasteiger charge is -2.16. The number of hydrogen-bond donors (Lipinski definition) is 0. The van der Waals surface area contributed by atoms with Gasteiger partial charge in [-0.05, 0) is 59.7 Å². The lowest BCUT2D eigenvalue weighted by atomic mass is 10.0. The normalized spacial score (nSPS) is 11.8. The molecule has 4 heterocycles. The van der Waals surface area contributed by atoms with Crippen LogP contribution in [0.4, 0.5) is 0 Å². The molecule has 0 aliphatic heterocycles. The maximum atomic E-state index is 5.45. The van der Waals surface area contributed by atoms with Gasteiger partial charge in [-0.15, -0.1) is 0 Å². The Bertz CT molecular complexity index is 3850. The van der Waals surface area contributed by atoms with Crippen LogP contribution in [0.1, 0.15) is 0 Å². The van der Waals surface area contributed by atoms with E-state index in [2.05, 4.69) is 208 Å². The molecule has 13 rings (SSSR count). The highest BCUT2D eigenvalue weighted by Gasteiger charge is 2.27. The molecule has 0 unspecified atom stereocenters. The van der Waals surface area contributed by atoms with Crippen molar-refractivity contribution in [1.82, 2.24) is 28.7 Å². The molecule has 6 heteroatoms. The minimum absolute atomic E-state index is 0.547. The van der Waals surface area contributed by atoms with Crippen LogP contribution in [0.25, 0.3) is 117 Å². The summed E-state index contributed by atoms with van der Waals surface area (Å²) in [6, 6.07) is 77.3. The number of nitrogens with zero attached hydrogens (tertiary/aromatic N) is 6. The molecule has 6 nitrogen and oxygen atoms in total. The molecular formula is C57H36N6. The highest BCUT2D eigenvalue weighted by Crippen LogP contribution is 2.46. The van der Waals surface area contributed by atoms with Gasteiger partial charge in [0.1, 0.15) is 0 Å². The fraction of sp³-hybridized carbons (Fsp3) is 0. The molecule has 294 valence electrons. The van der Waals surface area contributed by atoms with Gasteiger partial charge in [-0.3, -0.25) is 4.57 Å². The van der Waals surface area contributed by atoms with Gasteiger partial charge >= 0.3 is 0 Å². The van der Waals surface area contributed by atoms with Gasteiger partial charge in [0.25, 0.3) is 0 Å². The smallest absolute Gasteiger partial charge is 0.238 e. The molecule has 0 amide bonds. The summed E-state index contributed by atoms with van der Waals surface area (Å²) in [6.45, 7) is 0. The van der Waals surface area contributed by atoms with Crippen molar-refractivity contribution in [2.45, 2.75) is 0 Å². The third kappa shape index (κ3) is 5.41. The Morgan fingerprint density at radius 2 is 0.746 bits per heavy atom. The minimum atomic E-state index is 0.547. The first-order chi connectivity index (χ1) is 31.3. The van der Waals surface area contributed by atoms with Crippen molar-refractivity contribution in [3.8, 4) is 51.2 Å². The van der Waals surface area contributed by atoms with Crippen LogP contribution in [0, 0.1) is 0 Å². The zero-order valence-corrected chi connectivity index (χ0v) is 34.0. The number of benzene rings is 9. The van der Waals surface area contributed by atoms with Gasteiger partial charge in [0.05, 0.1) is 38.8 Å². The fourth-order valence-corrected chi connectivity index (χ4v) is 9.77. The first-order valence-electron chi connectivity index (χ1n) is 21.3. The molecular weight excluding hydrogens is 769 g/mol. The minimum Gasteiger partial charge on any atom is -0.309 e. The van der Waals surface area contributed by atoms with Gasteiger partial charge in [-0.1, -0.05) is 170 Å². The molecule has 0 N–H and O–H groups in total. The van der Waals surface area contributed by atoms with Crippen molar-refractivity contribution in [3.05, 3.63) is 218 Å². The topological polar surface area (TPSA) is 53.5 Å². The van der Waals surface area contributed by atoms with Crippen LogP contribution in [0.2, 0.25) is 0 Å². The standard InChI is InChI=1S/C57H36N6/c1-4-19-37(20-5-1)39-23-18-24-40(35-39)56-58-55(38-21-6-2-7-22-38)59-57(60-56)63-49-33-16-12-29-44(49)46-36-51(62-47-31-14-10-27-42(47)43-28-11-15-32-48(43)62)52-45-30-13-17-34-50(45)61(54(52)53(46)63)41-25-8-3-9-26-41/h1-36H. The van der Waals surface area contributed by atoms with E-state index in [0.29, 0.717) is 17.6 Å². The highest BCUT2D eigenvalue weighted by molar-refractivity contribution is 6.27. The first kappa shape index (κ1) is 35.2. The Balaban J connectivity index is 1.21. The Kier molecular flexibility index (Phi) is 7.80. The zero-order chi connectivity index (χ0) is 41.4. The average molecular weight is 805 g/mol. The monoisotopic (exact) mass is 804 g/mol. The first-order valence-corrected chi connectivity index (χ1v) is 21.3. The quantitative estimate of drug-likeness (QED) is 0.168. The lowest BCUT2D eigenvalue weighted by molar-refractivity contribution is 0.953. The number of aromatic nitrogens is 6. The SMILES string of the molecule is c1ccc(-c2cccc(-c3nc(-c4ccccc4)nc(-n4c5ccccc5c5cc(-n6c7ccccc7c7ccccc76)c6c7ccccc7n(-c7ccccc7)c6c54)n3)c2)cc1. The van der Waals surface area contributed by atoms with Crippen molar-refractivity contribution >= 4 is 65.4 Å². The van der Waals surface area contributed by atoms with Crippen LogP contribution in [0.15, 0.2) is 218 Å². The van der Waals surface area contributed by atoms with Crippen LogP contribution in [-0.4, -0.2) is 28.7 Å². The van der Waals surface area contributed by atoms with Crippen LogP contribution in [0.5, 0.6) is 0 Å². The predicted molar refractivity (Wildman–Crippen MR) is 259 cm³/mol. The summed E-state index contributed by atoms with van der Waals surface area (Å²) in [4.78, 5) is 16.0. The summed E-state index contributed by atoms with van der Waals surface area (Å²) in [5.41, 5.74) is 12.8. The van der Waals surface area contributed by atoms with Crippen LogP contribution in [-0.2, 0) is 0 Å². The number of fused-ring (bicyclic) bond motifs is 10. The van der Waals surface area contributed by atoms with Gasteiger partial charge in [-0.25, -0.2) is 4.98 Å². The van der Waals surface area contributed by atoms with Gasteiger partial charge < -0.3 is 9.13 Å². The molecule has 13 aromatic rings. The Morgan fingerprint density at radius 3 is 1.38 bits per heavy atom. The van der Waals surface area contributed by atoms with E-state index in [9.17, 15) is 0 Å². The molecule has 0 radical (unpaired) electrons. The molecule has 0 fully saturated rings. The van der Waals surface area contributed by atoms with E-state index in [1.54, 1.807) is 0 Å². The molecule has 4 aromatic heterocycles. The third-order valence-corrected chi connectivity index (χ3v) is 12.5. The summed E-state index contributed by atoms with van der Waals surface area (Å²) in [5, 5.41) is 6.95. The zero-order valence-electron chi connectivity index (χ0n) is 34.0. The second kappa shape index (κ2) is 14.0. The van der Waals surface area contributed by atoms with E-state index in [4.69, 9.17) is 15.0 Å². The van der Waals surface area contributed by atoms with Gasteiger partial charge in [0.2, 0.25) is 5.95 Å². The number of rotatable bonds is 6. The number of para-hydroxylation sites is 5. The maximum Gasteiger partial charge on any atom is 0.238 e. The summed E-state index contributed by atoms with van der Waals surface area (Å²) in [5.74, 6) is 1.75. The lowest BCUT2D eigenvalue weighted by Crippen LogP contribution is -2.07. The Hall–Kier alpha value is -8.61. The summed E-state index contributed by atoms with van der Waals surface area (Å²) >= 11 is 0. The maximum absolute atomic E-state index is 5.45. The highest BCUT2D eigenvalue weighted by atomic mass is 15.2. The second-order valence-corrected chi connectivity index (χ2v) is 16.0. The third-order valence-electron chi connectivity index (χ3n) is 12.5. The molecule has 0 saturated carbocycles. The molecule has 0 bridgehead atoms. The van der Waals surface area contributed by atoms with Gasteiger partial charge in [-0.2, -0.15) is 9.97 Å². The van der Waals surface area contributed by atoms with E-state index in [-0.39, 0.29) is 0 Å². The summed E-state index contributed by atoms with van der Waals surface area (Å²) < 4.78 is 7.18. The molecule has 0 saturated heterocycles. The fourth-order valence-electron chi connectivity index (χ4n) is 9.77. The summed E-state index contributed by atoms with van der Waals surface area (Å²) in [6.07, 6.45) is 0. The Labute approximate surface area is 362 Å². The van der Waals surface area contributed by atoms with Crippen molar-refractivity contribution in [2.75, 3.05) is 0 Å². The molecule has 9 aromatic carbocycles. The second-order valence-electron chi connectivity index (χ2n) is 16.0. The number of hydrogen-bond acceptors (Lipinski definition) is 3. The molecule has 0 spiro atoms. The van der Waals surface area contributed by atoms with Crippen molar-refractivity contribution < 1.29 is 0 Å². The van der Waals surface area contributed by atoms with Crippen molar-refractivity contribution in [3.63, 3.8) is 0 Å². The van der Waals surface area contributed by atoms with Crippen LogP contribution in [0.3, 0.4) is 0 Å². The molecule has 0 aliphatic rings. The van der Waals surface area contributed by atoms with Crippen LogP contribution < -0.4 is 0 Å². The van der Waals surface area contributed by atoms with Crippen molar-refractivity contribution in [1.29, 1.82) is 0 Å². The van der Waals surface area contributed by atoms with E-state index in [0.717, 1.165) is 88.3 Å². The Morgan fingerprint density at radius 1 is 0.286 bits per heavy atom. The van der Waals surface area contributed by atoms with Crippen LogP contribution >= 0.6 is 0 Å².